The van der Waals surface area contributed by atoms with E-state index >= 15 is 0 Å². The number of carbonyl (C=O) groups is 1. The molecule has 0 spiro atoms. The van der Waals surface area contributed by atoms with Gasteiger partial charge < -0.3 is 5.32 Å². The molecule has 28 heavy (non-hydrogen) atoms. The third-order valence-electron chi connectivity index (χ3n) is 5.85. The van der Waals surface area contributed by atoms with Gasteiger partial charge in [0, 0.05) is 19.1 Å². The van der Waals surface area contributed by atoms with Crippen molar-refractivity contribution in [2.45, 2.75) is 69.7 Å². The Balaban J connectivity index is 1.81. The number of rotatable bonds is 4. The van der Waals surface area contributed by atoms with Gasteiger partial charge in [-0.25, -0.2) is 12.8 Å². The molecule has 2 aliphatic rings. The molecule has 5 nitrogen and oxygen atoms in total. The lowest BCUT2D eigenvalue weighted by Crippen LogP contribution is -2.42. The molecule has 1 aliphatic carbocycles. The first-order chi connectivity index (χ1) is 13.3. The summed E-state index contributed by atoms with van der Waals surface area (Å²) in [5, 5.41) is 2.90. The molecule has 1 aliphatic heterocycles. The molecule has 1 heterocycles. The number of benzene rings is 1. The van der Waals surface area contributed by atoms with Gasteiger partial charge in [-0.3, -0.25) is 4.79 Å². The van der Waals surface area contributed by atoms with Crippen LogP contribution in [0.5, 0.6) is 0 Å². The zero-order chi connectivity index (χ0) is 20.3. The summed E-state index contributed by atoms with van der Waals surface area (Å²) in [5.74, 6) is -0.666. The minimum absolute atomic E-state index is 0.0128. The predicted octanol–water partition coefficient (Wildman–Crippen LogP) is 3.94. The van der Waals surface area contributed by atoms with Gasteiger partial charge in [0.25, 0.3) is 5.91 Å². The topological polar surface area (TPSA) is 66.5 Å². The standard InChI is InChI=1S/C21H31FN2O3S/c1-15-11-16(2)14-24(13-15)28(26,27)18-9-10-20(22)19(12-18)21(25)23-17-7-5-3-4-6-8-17/h9-10,12,15-17H,3-8,11,13-14H2,1-2H3,(H,23,25)/t15-,16-/m1/s1. The second-order valence-electron chi connectivity index (χ2n) is 8.57. The van der Waals surface area contributed by atoms with Crippen molar-refractivity contribution in [1.29, 1.82) is 0 Å². The minimum atomic E-state index is -3.75. The third-order valence-corrected chi connectivity index (χ3v) is 7.67. The van der Waals surface area contributed by atoms with Gasteiger partial charge in [-0.05, 0) is 49.3 Å². The lowest BCUT2D eigenvalue weighted by atomic mass is 9.94. The van der Waals surface area contributed by atoms with E-state index in [0.717, 1.165) is 51.0 Å². The molecular formula is C21H31FN2O3S. The molecule has 1 aromatic rings. The van der Waals surface area contributed by atoms with Crippen LogP contribution in [0.15, 0.2) is 23.1 Å². The van der Waals surface area contributed by atoms with Crippen molar-refractivity contribution in [2.75, 3.05) is 13.1 Å². The Bertz CT molecular complexity index is 794. The average Bonchev–Trinajstić information content (AvgIpc) is 2.89. The second kappa shape index (κ2) is 8.91. The normalized spacial score (nSPS) is 25.2. The Morgan fingerprint density at radius 3 is 2.29 bits per heavy atom. The van der Waals surface area contributed by atoms with Gasteiger partial charge in [0.15, 0.2) is 0 Å². The van der Waals surface area contributed by atoms with E-state index in [0.29, 0.717) is 13.1 Å². The summed E-state index contributed by atoms with van der Waals surface area (Å²) in [6, 6.07) is 3.57. The number of piperidine rings is 1. The maximum atomic E-state index is 14.3. The van der Waals surface area contributed by atoms with Crippen molar-refractivity contribution in [3.63, 3.8) is 0 Å². The highest BCUT2D eigenvalue weighted by Crippen LogP contribution is 2.27. The van der Waals surface area contributed by atoms with Gasteiger partial charge >= 0.3 is 0 Å². The van der Waals surface area contributed by atoms with Crippen molar-refractivity contribution >= 4 is 15.9 Å². The second-order valence-corrected chi connectivity index (χ2v) is 10.5. The summed E-state index contributed by atoms with van der Waals surface area (Å²) in [7, 11) is -3.75. The van der Waals surface area contributed by atoms with Gasteiger partial charge in [-0.1, -0.05) is 39.5 Å². The first-order valence-electron chi connectivity index (χ1n) is 10.4. The molecule has 2 atom stereocenters. The zero-order valence-corrected chi connectivity index (χ0v) is 17.6. The molecule has 1 amide bonds. The fraction of sp³-hybridized carbons (Fsp3) is 0.667. The number of nitrogens with zero attached hydrogens (tertiary/aromatic N) is 1. The molecule has 7 heteroatoms. The molecule has 3 rings (SSSR count). The highest BCUT2D eigenvalue weighted by molar-refractivity contribution is 7.89. The molecule has 156 valence electrons. The highest BCUT2D eigenvalue weighted by atomic mass is 32.2. The Hall–Kier alpha value is -1.47. The number of sulfonamides is 1. The molecule has 1 N–H and O–H groups in total. The van der Waals surface area contributed by atoms with Crippen molar-refractivity contribution in [2.24, 2.45) is 11.8 Å². The van der Waals surface area contributed by atoms with Crippen LogP contribution in [0.1, 0.15) is 69.2 Å². The highest BCUT2D eigenvalue weighted by Gasteiger charge is 2.32. The van der Waals surface area contributed by atoms with E-state index in [1.54, 1.807) is 0 Å². The Morgan fingerprint density at radius 2 is 1.68 bits per heavy atom. The fourth-order valence-electron chi connectivity index (χ4n) is 4.48. The third kappa shape index (κ3) is 4.92. The number of nitrogens with one attached hydrogen (secondary N) is 1. The molecule has 1 saturated carbocycles. The SMILES string of the molecule is C[C@@H]1C[C@@H](C)CN(S(=O)(=O)c2ccc(F)c(C(=O)NC3CCCCCC3)c2)C1. The van der Waals surface area contributed by atoms with Crippen LogP contribution in [0.3, 0.4) is 0 Å². The van der Waals surface area contributed by atoms with E-state index in [9.17, 15) is 17.6 Å². The van der Waals surface area contributed by atoms with Crippen LogP contribution in [-0.4, -0.2) is 37.8 Å². The van der Waals surface area contributed by atoms with Crippen molar-refractivity contribution < 1.29 is 17.6 Å². The van der Waals surface area contributed by atoms with Crippen LogP contribution in [-0.2, 0) is 10.0 Å². The number of amides is 1. The van der Waals surface area contributed by atoms with E-state index in [1.165, 1.54) is 16.4 Å². The van der Waals surface area contributed by atoms with Crippen LogP contribution < -0.4 is 5.32 Å². The van der Waals surface area contributed by atoms with E-state index in [2.05, 4.69) is 5.32 Å². The maximum absolute atomic E-state index is 14.3. The fourth-order valence-corrected chi connectivity index (χ4v) is 6.18. The monoisotopic (exact) mass is 410 g/mol. The molecule has 0 unspecified atom stereocenters. The van der Waals surface area contributed by atoms with Gasteiger partial charge in [0.05, 0.1) is 10.5 Å². The molecule has 2 fully saturated rings. The quantitative estimate of drug-likeness (QED) is 0.765. The number of carbonyl (C=O) groups excluding carboxylic acids is 1. The van der Waals surface area contributed by atoms with E-state index in [-0.39, 0.29) is 28.3 Å². The van der Waals surface area contributed by atoms with Gasteiger partial charge in [0.2, 0.25) is 10.0 Å². The van der Waals surface area contributed by atoms with Gasteiger partial charge in [-0.2, -0.15) is 4.31 Å². The molecule has 0 radical (unpaired) electrons. The average molecular weight is 411 g/mol. The van der Waals surface area contributed by atoms with Crippen LogP contribution in [0.25, 0.3) is 0 Å². The number of halogens is 1. The molecule has 0 aromatic heterocycles. The smallest absolute Gasteiger partial charge is 0.254 e. The largest absolute Gasteiger partial charge is 0.349 e. The number of hydrogen-bond donors (Lipinski definition) is 1. The summed E-state index contributed by atoms with van der Waals surface area (Å²) in [6.45, 7) is 4.98. The van der Waals surface area contributed by atoms with Crippen molar-refractivity contribution in [3.05, 3.63) is 29.6 Å². The Kier molecular flexibility index (Phi) is 6.76. The van der Waals surface area contributed by atoms with Crippen molar-refractivity contribution in [3.8, 4) is 0 Å². The summed E-state index contributed by atoms with van der Waals surface area (Å²) in [5.41, 5.74) is -0.191. The van der Waals surface area contributed by atoms with Crippen LogP contribution in [0.2, 0.25) is 0 Å². The van der Waals surface area contributed by atoms with Gasteiger partial charge in [0.1, 0.15) is 5.82 Å². The first kappa shape index (κ1) is 21.2. The summed E-state index contributed by atoms with van der Waals surface area (Å²) in [4.78, 5) is 12.6. The lowest BCUT2D eigenvalue weighted by Gasteiger charge is -2.34. The van der Waals surface area contributed by atoms with Crippen LogP contribution in [0, 0.1) is 17.7 Å². The molecule has 0 bridgehead atoms. The Morgan fingerprint density at radius 1 is 1.07 bits per heavy atom. The number of hydrogen-bond acceptors (Lipinski definition) is 3. The van der Waals surface area contributed by atoms with Gasteiger partial charge in [-0.15, -0.1) is 0 Å². The van der Waals surface area contributed by atoms with Crippen LogP contribution >= 0.6 is 0 Å². The van der Waals surface area contributed by atoms with E-state index in [1.807, 2.05) is 13.8 Å². The Labute approximate surface area is 167 Å². The van der Waals surface area contributed by atoms with Crippen LogP contribution in [0.4, 0.5) is 4.39 Å². The summed E-state index contributed by atoms with van der Waals surface area (Å²) in [6.07, 6.45) is 7.16. The molecular weight excluding hydrogens is 379 g/mol. The minimum Gasteiger partial charge on any atom is -0.349 e. The van der Waals surface area contributed by atoms with Crippen molar-refractivity contribution in [1.82, 2.24) is 9.62 Å². The molecule has 1 aromatic carbocycles. The predicted molar refractivity (Wildman–Crippen MR) is 107 cm³/mol. The maximum Gasteiger partial charge on any atom is 0.254 e. The summed E-state index contributed by atoms with van der Waals surface area (Å²) >= 11 is 0. The first-order valence-corrected chi connectivity index (χ1v) is 11.8. The van der Waals surface area contributed by atoms with E-state index in [4.69, 9.17) is 0 Å². The lowest BCUT2D eigenvalue weighted by molar-refractivity contribution is 0.0929. The zero-order valence-electron chi connectivity index (χ0n) is 16.8. The summed E-state index contributed by atoms with van der Waals surface area (Å²) < 4.78 is 41.9. The molecule has 1 saturated heterocycles. The van der Waals surface area contributed by atoms with E-state index < -0.39 is 21.7 Å².